The van der Waals surface area contributed by atoms with E-state index in [0.717, 1.165) is 11.4 Å². The van der Waals surface area contributed by atoms with Gasteiger partial charge in [0.2, 0.25) is 0 Å². The number of rotatable bonds is 1. The van der Waals surface area contributed by atoms with Crippen molar-refractivity contribution in [3.8, 4) is 11.4 Å². The Morgan fingerprint density at radius 3 is 2.24 bits per heavy atom. The number of hydrogen-bond acceptors (Lipinski definition) is 2. The van der Waals surface area contributed by atoms with Crippen LogP contribution in [0.15, 0.2) is 30.5 Å². The van der Waals surface area contributed by atoms with Gasteiger partial charge in [-0.1, -0.05) is 38.5 Å². The summed E-state index contributed by atoms with van der Waals surface area (Å²) < 4.78 is 1.80. The highest BCUT2D eigenvalue weighted by molar-refractivity contribution is 5.41. The molecule has 0 aliphatic carbocycles. The van der Waals surface area contributed by atoms with Crippen LogP contribution in [0.1, 0.15) is 32.0 Å². The highest BCUT2D eigenvalue weighted by Crippen LogP contribution is 2.32. The number of aromatic hydroxyl groups is 1. The first kappa shape index (κ1) is 11.7. The standard InChI is InChI=1S/C14H18N2O/c1-10-5-7-11(8-6-10)16-13(14(2,3)4)12(17)9-15-16/h5-9,17H,1-4H3. The fourth-order valence-electron chi connectivity index (χ4n) is 1.92. The molecule has 0 aliphatic heterocycles. The van der Waals surface area contributed by atoms with Crippen LogP contribution in [0.4, 0.5) is 0 Å². The molecule has 0 bridgehead atoms. The molecule has 0 radical (unpaired) electrons. The fraction of sp³-hybridized carbons (Fsp3) is 0.357. The van der Waals surface area contributed by atoms with Crippen LogP contribution >= 0.6 is 0 Å². The van der Waals surface area contributed by atoms with Crippen LogP contribution < -0.4 is 0 Å². The van der Waals surface area contributed by atoms with Crippen LogP contribution in [0.3, 0.4) is 0 Å². The summed E-state index contributed by atoms with van der Waals surface area (Å²) in [5.74, 6) is 0.248. The molecule has 3 nitrogen and oxygen atoms in total. The Kier molecular flexibility index (Phi) is 2.69. The molecule has 0 saturated carbocycles. The Morgan fingerprint density at radius 1 is 1.12 bits per heavy atom. The van der Waals surface area contributed by atoms with E-state index in [-0.39, 0.29) is 11.2 Å². The molecule has 0 unspecified atom stereocenters. The third kappa shape index (κ3) is 2.18. The van der Waals surface area contributed by atoms with E-state index in [1.807, 2.05) is 24.3 Å². The molecule has 0 spiro atoms. The average Bonchev–Trinajstić information content (AvgIpc) is 2.61. The van der Waals surface area contributed by atoms with Gasteiger partial charge in [-0.05, 0) is 19.1 Å². The lowest BCUT2D eigenvalue weighted by molar-refractivity contribution is 0.439. The summed E-state index contributed by atoms with van der Waals surface area (Å²) in [5.41, 5.74) is 2.87. The molecule has 1 N–H and O–H groups in total. The molecule has 90 valence electrons. The van der Waals surface area contributed by atoms with Crippen LogP contribution in [0.5, 0.6) is 5.75 Å². The van der Waals surface area contributed by atoms with E-state index in [1.54, 1.807) is 4.68 Å². The minimum absolute atomic E-state index is 0.147. The van der Waals surface area contributed by atoms with E-state index in [4.69, 9.17) is 0 Å². The minimum atomic E-state index is -0.147. The van der Waals surface area contributed by atoms with Crippen LogP contribution in [-0.4, -0.2) is 14.9 Å². The van der Waals surface area contributed by atoms with Gasteiger partial charge in [-0.15, -0.1) is 0 Å². The molecule has 0 fully saturated rings. The van der Waals surface area contributed by atoms with Crippen molar-refractivity contribution in [2.24, 2.45) is 0 Å². The van der Waals surface area contributed by atoms with E-state index in [0.29, 0.717) is 0 Å². The molecule has 0 aliphatic rings. The van der Waals surface area contributed by atoms with Gasteiger partial charge in [0.25, 0.3) is 0 Å². The fourth-order valence-corrected chi connectivity index (χ4v) is 1.92. The largest absolute Gasteiger partial charge is 0.504 e. The van der Waals surface area contributed by atoms with Crippen LogP contribution in [0, 0.1) is 6.92 Å². The van der Waals surface area contributed by atoms with Gasteiger partial charge in [0.15, 0.2) is 5.75 Å². The number of benzene rings is 1. The molecular formula is C14H18N2O. The van der Waals surface area contributed by atoms with Gasteiger partial charge in [-0.3, -0.25) is 0 Å². The van der Waals surface area contributed by atoms with Crippen molar-refractivity contribution in [3.63, 3.8) is 0 Å². The first-order valence-electron chi connectivity index (χ1n) is 5.74. The second kappa shape index (κ2) is 3.91. The molecule has 0 atom stereocenters. The maximum absolute atomic E-state index is 9.90. The van der Waals surface area contributed by atoms with Gasteiger partial charge in [0, 0.05) is 5.41 Å². The summed E-state index contributed by atoms with van der Waals surface area (Å²) in [7, 11) is 0. The summed E-state index contributed by atoms with van der Waals surface area (Å²) in [6.45, 7) is 8.24. The predicted octanol–water partition coefficient (Wildman–Crippen LogP) is 3.18. The normalized spacial score (nSPS) is 11.8. The van der Waals surface area contributed by atoms with Crippen molar-refractivity contribution in [1.29, 1.82) is 0 Å². The van der Waals surface area contributed by atoms with Gasteiger partial charge in [0.05, 0.1) is 17.6 Å². The molecule has 1 heterocycles. The molecule has 2 aromatic rings. The van der Waals surface area contributed by atoms with Crippen molar-refractivity contribution < 1.29 is 5.11 Å². The van der Waals surface area contributed by atoms with Crippen molar-refractivity contribution >= 4 is 0 Å². The topological polar surface area (TPSA) is 38.0 Å². The van der Waals surface area contributed by atoms with Crippen molar-refractivity contribution in [1.82, 2.24) is 9.78 Å². The van der Waals surface area contributed by atoms with Crippen molar-refractivity contribution in [3.05, 3.63) is 41.7 Å². The molecule has 1 aromatic carbocycles. The highest BCUT2D eigenvalue weighted by Gasteiger charge is 2.24. The minimum Gasteiger partial charge on any atom is -0.504 e. The zero-order valence-corrected chi connectivity index (χ0v) is 10.7. The third-order valence-electron chi connectivity index (χ3n) is 2.74. The molecule has 2 rings (SSSR count). The van der Waals surface area contributed by atoms with Crippen LogP contribution in [0.2, 0.25) is 0 Å². The average molecular weight is 230 g/mol. The Labute approximate surface area is 102 Å². The smallest absolute Gasteiger partial charge is 0.157 e. The van der Waals surface area contributed by atoms with E-state index in [9.17, 15) is 5.11 Å². The highest BCUT2D eigenvalue weighted by atomic mass is 16.3. The Morgan fingerprint density at radius 2 is 1.71 bits per heavy atom. The Balaban J connectivity index is 2.57. The monoisotopic (exact) mass is 230 g/mol. The maximum atomic E-state index is 9.90. The number of nitrogens with zero attached hydrogens (tertiary/aromatic N) is 2. The molecule has 3 heteroatoms. The summed E-state index contributed by atoms with van der Waals surface area (Å²) in [4.78, 5) is 0. The Hall–Kier alpha value is -1.77. The quantitative estimate of drug-likeness (QED) is 0.817. The molecular weight excluding hydrogens is 212 g/mol. The van der Waals surface area contributed by atoms with Crippen molar-refractivity contribution in [2.75, 3.05) is 0 Å². The van der Waals surface area contributed by atoms with Gasteiger partial charge < -0.3 is 5.11 Å². The molecule has 0 amide bonds. The maximum Gasteiger partial charge on any atom is 0.157 e. The number of hydrogen-bond donors (Lipinski definition) is 1. The summed E-state index contributed by atoms with van der Waals surface area (Å²) in [5, 5.41) is 14.1. The number of aromatic nitrogens is 2. The first-order chi connectivity index (χ1) is 7.89. The van der Waals surface area contributed by atoms with Crippen LogP contribution in [0.25, 0.3) is 5.69 Å². The summed E-state index contributed by atoms with van der Waals surface area (Å²) >= 11 is 0. The Bertz CT molecular complexity index is 518. The first-order valence-corrected chi connectivity index (χ1v) is 5.74. The van der Waals surface area contributed by atoms with E-state index in [2.05, 4.69) is 32.8 Å². The van der Waals surface area contributed by atoms with Crippen LogP contribution in [-0.2, 0) is 5.41 Å². The van der Waals surface area contributed by atoms with Gasteiger partial charge >= 0.3 is 0 Å². The summed E-state index contributed by atoms with van der Waals surface area (Å²) in [6, 6.07) is 8.11. The van der Waals surface area contributed by atoms with E-state index < -0.39 is 0 Å². The number of aryl methyl sites for hydroxylation is 1. The molecule has 1 aromatic heterocycles. The third-order valence-corrected chi connectivity index (χ3v) is 2.74. The van der Waals surface area contributed by atoms with E-state index in [1.165, 1.54) is 11.8 Å². The zero-order chi connectivity index (χ0) is 12.6. The van der Waals surface area contributed by atoms with Gasteiger partial charge in [-0.2, -0.15) is 5.10 Å². The zero-order valence-electron chi connectivity index (χ0n) is 10.7. The molecule has 0 saturated heterocycles. The lowest BCUT2D eigenvalue weighted by atomic mass is 9.91. The predicted molar refractivity (Wildman–Crippen MR) is 68.7 cm³/mol. The van der Waals surface area contributed by atoms with E-state index >= 15 is 0 Å². The SMILES string of the molecule is Cc1ccc(-n2ncc(O)c2C(C)(C)C)cc1. The summed E-state index contributed by atoms with van der Waals surface area (Å²) in [6.07, 6.45) is 1.50. The van der Waals surface area contributed by atoms with Gasteiger partial charge in [-0.25, -0.2) is 4.68 Å². The van der Waals surface area contributed by atoms with Crippen molar-refractivity contribution in [2.45, 2.75) is 33.1 Å². The van der Waals surface area contributed by atoms with Gasteiger partial charge in [0.1, 0.15) is 0 Å². The lowest BCUT2D eigenvalue weighted by Crippen LogP contribution is -2.17. The second-order valence-corrected chi connectivity index (χ2v) is 5.38. The lowest BCUT2D eigenvalue weighted by Gasteiger charge is -2.20. The molecule has 17 heavy (non-hydrogen) atoms. The second-order valence-electron chi connectivity index (χ2n) is 5.38.